The molecule has 6 heteroatoms. The number of carbonyl (C=O) groups excluding carboxylic acids is 1. The molecule has 1 aromatic carbocycles. The number of aromatic nitrogens is 2. The van der Waals surface area contributed by atoms with Crippen LogP contribution in [0, 0.1) is 5.92 Å². The van der Waals surface area contributed by atoms with E-state index >= 15 is 0 Å². The first-order valence-corrected chi connectivity index (χ1v) is 7.14. The van der Waals surface area contributed by atoms with E-state index in [0.29, 0.717) is 12.3 Å². The van der Waals surface area contributed by atoms with Crippen molar-refractivity contribution in [3.05, 3.63) is 34.2 Å². The summed E-state index contributed by atoms with van der Waals surface area (Å²) < 4.78 is 0. The Labute approximate surface area is 123 Å². The van der Waals surface area contributed by atoms with E-state index in [9.17, 15) is 9.59 Å². The number of imidazole rings is 1. The molecule has 0 aliphatic carbocycles. The largest absolute Gasteiger partial charge is 0.348 e. The number of hydrogen-bond donors (Lipinski definition) is 4. The summed E-state index contributed by atoms with van der Waals surface area (Å²) in [6.45, 7) is 5.96. The van der Waals surface area contributed by atoms with Crippen LogP contribution in [0.2, 0.25) is 0 Å². The number of nitrogens with one attached hydrogen (secondary N) is 3. The molecule has 2 aromatic rings. The number of carbonyl (C=O) groups is 1. The first-order chi connectivity index (χ1) is 9.86. The van der Waals surface area contributed by atoms with Crippen LogP contribution in [0.1, 0.15) is 38.8 Å². The first-order valence-electron chi connectivity index (χ1n) is 7.14. The van der Waals surface area contributed by atoms with Crippen molar-refractivity contribution >= 4 is 16.9 Å². The fourth-order valence-electron chi connectivity index (χ4n) is 2.34. The van der Waals surface area contributed by atoms with E-state index in [4.69, 9.17) is 5.73 Å². The maximum atomic E-state index is 12.0. The van der Waals surface area contributed by atoms with Crippen molar-refractivity contribution in [2.75, 3.05) is 0 Å². The van der Waals surface area contributed by atoms with Gasteiger partial charge in [-0.05, 0) is 37.0 Å². The van der Waals surface area contributed by atoms with Crippen molar-refractivity contribution in [2.45, 2.75) is 39.3 Å². The monoisotopic (exact) mass is 290 g/mol. The fourth-order valence-corrected chi connectivity index (χ4v) is 2.34. The van der Waals surface area contributed by atoms with Crippen LogP contribution in [0.25, 0.3) is 11.0 Å². The van der Waals surface area contributed by atoms with Crippen LogP contribution >= 0.6 is 0 Å². The summed E-state index contributed by atoms with van der Waals surface area (Å²) >= 11 is 0. The Hall–Kier alpha value is -2.08. The molecule has 0 spiro atoms. The number of nitrogens with two attached hydrogens (primary N) is 1. The van der Waals surface area contributed by atoms with Gasteiger partial charge in [-0.15, -0.1) is 0 Å². The molecular weight excluding hydrogens is 268 g/mol. The average molecular weight is 290 g/mol. The van der Waals surface area contributed by atoms with Crippen molar-refractivity contribution in [1.82, 2.24) is 15.3 Å². The number of aromatic amines is 2. The highest BCUT2D eigenvalue weighted by Crippen LogP contribution is 2.17. The van der Waals surface area contributed by atoms with Crippen LogP contribution in [0.15, 0.2) is 23.0 Å². The van der Waals surface area contributed by atoms with E-state index in [1.54, 1.807) is 0 Å². The lowest BCUT2D eigenvalue weighted by Gasteiger charge is -2.19. The van der Waals surface area contributed by atoms with Crippen molar-refractivity contribution < 1.29 is 4.79 Å². The summed E-state index contributed by atoms with van der Waals surface area (Å²) in [5.74, 6) is 0.223. The average Bonchev–Trinajstić information content (AvgIpc) is 2.76. The van der Waals surface area contributed by atoms with E-state index in [2.05, 4.69) is 15.3 Å². The van der Waals surface area contributed by atoms with E-state index in [1.165, 1.54) is 0 Å². The van der Waals surface area contributed by atoms with Gasteiger partial charge in [0.05, 0.1) is 23.1 Å². The maximum Gasteiger partial charge on any atom is 0.323 e. The van der Waals surface area contributed by atoms with Gasteiger partial charge < -0.3 is 21.0 Å². The number of rotatable bonds is 5. The van der Waals surface area contributed by atoms with Crippen molar-refractivity contribution in [3.8, 4) is 0 Å². The molecule has 1 amide bonds. The molecular formula is C15H22N4O2. The fraction of sp³-hybridized carbons (Fsp3) is 0.467. The van der Waals surface area contributed by atoms with E-state index in [1.807, 2.05) is 39.0 Å². The Morgan fingerprint density at radius 2 is 1.90 bits per heavy atom. The predicted octanol–water partition coefficient (Wildman–Crippen LogP) is 1.41. The number of hydrogen-bond acceptors (Lipinski definition) is 3. The predicted molar refractivity (Wildman–Crippen MR) is 82.9 cm³/mol. The van der Waals surface area contributed by atoms with Crippen molar-refractivity contribution in [1.29, 1.82) is 0 Å². The van der Waals surface area contributed by atoms with Crippen LogP contribution in [0.3, 0.4) is 0 Å². The minimum Gasteiger partial charge on any atom is -0.348 e. The number of fused-ring (bicyclic) bond motifs is 1. The Kier molecular flexibility index (Phi) is 4.47. The molecule has 0 aliphatic heterocycles. The topological polar surface area (TPSA) is 104 Å². The lowest BCUT2D eigenvalue weighted by Crippen LogP contribution is -2.42. The second-order valence-electron chi connectivity index (χ2n) is 5.85. The summed E-state index contributed by atoms with van der Waals surface area (Å²) in [6.07, 6.45) is 0.655. The summed E-state index contributed by atoms with van der Waals surface area (Å²) in [5, 5.41) is 2.91. The minimum absolute atomic E-state index is 0.154. The van der Waals surface area contributed by atoms with Gasteiger partial charge in [0.15, 0.2) is 0 Å². The van der Waals surface area contributed by atoms with Gasteiger partial charge >= 0.3 is 5.69 Å². The third-order valence-corrected chi connectivity index (χ3v) is 3.46. The normalized spacial score (nSPS) is 14.3. The molecule has 0 fully saturated rings. The second-order valence-corrected chi connectivity index (χ2v) is 5.85. The highest BCUT2D eigenvalue weighted by atomic mass is 16.2. The Morgan fingerprint density at radius 1 is 1.24 bits per heavy atom. The molecule has 1 heterocycles. The third kappa shape index (κ3) is 3.72. The SMILES string of the molecule is CC(C)C[C@H](N)C(=O)NC(C)c1ccc2[nH]c(=O)[nH]c2c1. The summed E-state index contributed by atoms with van der Waals surface area (Å²) in [4.78, 5) is 28.7. The highest BCUT2D eigenvalue weighted by molar-refractivity contribution is 5.82. The Balaban J connectivity index is 2.09. The smallest absolute Gasteiger partial charge is 0.323 e. The third-order valence-electron chi connectivity index (χ3n) is 3.46. The number of H-pyrrole nitrogens is 2. The number of amides is 1. The Morgan fingerprint density at radius 3 is 2.57 bits per heavy atom. The molecule has 1 aromatic heterocycles. The van der Waals surface area contributed by atoms with Crippen molar-refractivity contribution in [3.63, 3.8) is 0 Å². The standard InChI is InChI=1S/C15H22N4O2/c1-8(2)6-11(16)14(20)17-9(3)10-4-5-12-13(7-10)19-15(21)18-12/h4-5,7-9,11H,6,16H2,1-3H3,(H,17,20)(H2,18,19,21)/t9?,11-/m0/s1. The molecule has 1 unspecified atom stereocenters. The molecule has 114 valence electrons. The molecule has 0 bridgehead atoms. The molecule has 0 radical (unpaired) electrons. The summed E-state index contributed by atoms with van der Waals surface area (Å²) in [7, 11) is 0. The summed E-state index contributed by atoms with van der Waals surface area (Å²) in [5.41, 5.74) is 8.03. The highest BCUT2D eigenvalue weighted by Gasteiger charge is 2.18. The van der Waals surface area contributed by atoms with E-state index < -0.39 is 6.04 Å². The van der Waals surface area contributed by atoms with Crippen LogP contribution < -0.4 is 16.7 Å². The zero-order valence-electron chi connectivity index (χ0n) is 12.6. The molecule has 0 saturated heterocycles. The quantitative estimate of drug-likeness (QED) is 0.669. The second kappa shape index (κ2) is 6.13. The molecule has 2 atom stereocenters. The van der Waals surface area contributed by atoms with Gasteiger partial charge in [0.1, 0.15) is 0 Å². The van der Waals surface area contributed by atoms with Crippen LogP contribution in [-0.2, 0) is 4.79 Å². The molecule has 6 nitrogen and oxygen atoms in total. The van der Waals surface area contributed by atoms with Gasteiger partial charge in [-0.25, -0.2) is 4.79 Å². The van der Waals surface area contributed by atoms with Gasteiger partial charge in [0, 0.05) is 0 Å². The van der Waals surface area contributed by atoms with Gasteiger partial charge in [-0.3, -0.25) is 4.79 Å². The van der Waals surface area contributed by atoms with E-state index in [-0.39, 0.29) is 17.6 Å². The molecule has 21 heavy (non-hydrogen) atoms. The Bertz CT molecular complexity index is 686. The van der Waals surface area contributed by atoms with Gasteiger partial charge in [-0.1, -0.05) is 19.9 Å². The minimum atomic E-state index is -0.497. The molecule has 5 N–H and O–H groups in total. The molecule has 0 saturated carbocycles. The first kappa shape index (κ1) is 15.3. The van der Waals surface area contributed by atoms with Gasteiger partial charge in [0.25, 0.3) is 0 Å². The zero-order chi connectivity index (χ0) is 15.6. The zero-order valence-corrected chi connectivity index (χ0v) is 12.6. The maximum absolute atomic E-state index is 12.0. The van der Waals surface area contributed by atoms with Gasteiger partial charge in [-0.2, -0.15) is 0 Å². The van der Waals surface area contributed by atoms with Crippen LogP contribution in [0.4, 0.5) is 0 Å². The van der Waals surface area contributed by atoms with Crippen molar-refractivity contribution in [2.24, 2.45) is 11.7 Å². The van der Waals surface area contributed by atoms with Gasteiger partial charge in [0.2, 0.25) is 5.91 Å². The lowest BCUT2D eigenvalue weighted by molar-refractivity contribution is -0.123. The number of benzene rings is 1. The molecule has 2 rings (SSSR count). The van der Waals surface area contributed by atoms with Crippen LogP contribution in [0.5, 0.6) is 0 Å². The van der Waals surface area contributed by atoms with E-state index in [0.717, 1.165) is 16.6 Å². The lowest BCUT2D eigenvalue weighted by atomic mass is 10.0. The van der Waals surface area contributed by atoms with Crippen LogP contribution in [-0.4, -0.2) is 21.9 Å². The summed E-state index contributed by atoms with van der Waals surface area (Å²) in [6, 6.07) is 4.89. The molecule has 0 aliphatic rings.